The molecule has 4 rings (SSSR count). The van der Waals surface area contributed by atoms with E-state index in [4.69, 9.17) is 4.74 Å². The zero-order chi connectivity index (χ0) is 23.7. The van der Waals surface area contributed by atoms with Crippen LogP contribution in [0.25, 0.3) is 11.7 Å². The molecule has 2 amide bonds. The Labute approximate surface area is 191 Å². The fourth-order valence-corrected chi connectivity index (χ4v) is 4.00. The number of aryl methyl sites for hydroxylation is 1. The maximum atomic E-state index is 13.4. The van der Waals surface area contributed by atoms with Crippen LogP contribution < -0.4 is 10.9 Å². The molecule has 1 aliphatic carbocycles. The van der Waals surface area contributed by atoms with Crippen molar-refractivity contribution in [1.29, 1.82) is 0 Å². The third-order valence-electron chi connectivity index (χ3n) is 5.85. The Hall–Kier alpha value is -3.14. The van der Waals surface area contributed by atoms with Crippen molar-refractivity contribution >= 4 is 23.5 Å². The molecule has 0 bridgehead atoms. The summed E-state index contributed by atoms with van der Waals surface area (Å²) < 4.78 is 8.04. The van der Waals surface area contributed by atoms with Gasteiger partial charge in [0.2, 0.25) is 11.8 Å². The number of morpholine rings is 1. The van der Waals surface area contributed by atoms with Gasteiger partial charge in [0.15, 0.2) is 5.56 Å². The summed E-state index contributed by atoms with van der Waals surface area (Å²) in [5, 5.41) is 18.2. The molecule has 0 atom stereocenters. The number of hydrogen-bond donors (Lipinski definition) is 2. The molecule has 0 spiro atoms. The fraction of sp³-hybridized carbons (Fsp3) is 0.565. The average molecular weight is 458 g/mol. The van der Waals surface area contributed by atoms with E-state index in [-0.39, 0.29) is 23.4 Å². The van der Waals surface area contributed by atoms with Crippen molar-refractivity contribution in [3.8, 4) is 5.88 Å². The number of aromatic hydroxyl groups is 1. The monoisotopic (exact) mass is 457 g/mol. The molecule has 178 valence electrons. The van der Waals surface area contributed by atoms with Crippen LogP contribution in [-0.4, -0.2) is 68.3 Å². The van der Waals surface area contributed by atoms with E-state index < -0.39 is 17.3 Å². The van der Waals surface area contributed by atoms with Crippen LogP contribution in [0.1, 0.15) is 55.2 Å². The van der Waals surface area contributed by atoms with Crippen LogP contribution in [0.15, 0.2) is 10.9 Å². The molecule has 2 aromatic heterocycles. The molecule has 2 aromatic rings. The van der Waals surface area contributed by atoms with Crippen LogP contribution in [0.5, 0.6) is 5.88 Å². The highest BCUT2D eigenvalue weighted by Crippen LogP contribution is 2.26. The maximum Gasteiger partial charge on any atom is 0.270 e. The zero-order valence-electron chi connectivity index (χ0n) is 19.3. The van der Waals surface area contributed by atoms with Crippen LogP contribution in [0, 0.1) is 5.92 Å². The Balaban J connectivity index is 1.84. The van der Waals surface area contributed by atoms with E-state index in [2.05, 4.69) is 10.4 Å². The minimum atomic E-state index is -0.590. The number of carbonyl (C=O) groups is 2. The van der Waals surface area contributed by atoms with E-state index in [9.17, 15) is 19.5 Å². The van der Waals surface area contributed by atoms with Gasteiger partial charge in [0.1, 0.15) is 5.65 Å². The standard InChI is InChI=1S/C23H31N5O5/c1-4-17-16(7-8-18(29)26-9-11-33-12-10-26)21-27(13-14(2)3)22(31)19(23(32)28(21)25-17)20(30)24-15-5-6-15/h7-8,14-15,32H,4-6,9-13H2,1-3H3,(H,24,30). The Morgan fingerprint density at radius 3 is 2.58 bits per heavy atom. The molecule has 10 heteroatoms. The third kappa shape index (κ3) is 4.66. The van der Waals surface area contributed by atoms with Gasteiger partial charge >= 0.3 is 0 Å². The molecule has 33 heavy (non-hydrogen) atoms. The summed E-state index contributed by atoms with van der Waals surface area (Å²) in [6, 6.07) is 0.0408. The largest absolute Gasteiger partial charge is 0.492 e. The van der Waals surface area contributed by atoms with Crippen molar-refractivity contribution in [1.82, 2.24) is 24.4 Å². The van der Waals surface area contributed by atoms with Gasteiger partial charge in [-0.2, -0.15) is 9.61 Å². The van der Waals surface area contributed by atoms with Crippen molar-refractivity contribution in [2.75, 3.05) is 26.3 Å². The Bertz CT molecular complexity index is 1150. The predicted molar refractivity (Wildman–Crippen MR) is 122 cm³/mol. The summed E-state index contributed by atoms with van der Waals surface area (Å²) >= 11 is 0. The highest BCUT2D eigenvalue weighted by atomic mass is 16.5. The Kier molecular flexibility index (Phi) is 6.55. The predicted octanol–water partition coefficient (Wildman–Crippen LogP) is 1.18. The molecule has 2 N–H and O–H groups in total. The Morgan fingerprint density at radius 1 is 1.27 bits per heavy atom. The number of rotatable bonds is 7. The molecule has 0 unspecified atom stereocenters. The van der Waals surface area contributed by atoms with Gasteiger partial charge in [0.05, 0.1) is 18.9 Å². The highest BCUT2D eigenvalue weighted by Gasteiger charge is 2.30. The van der Waals surface area contributed by atoms with Gasteiger partial charge < -0.3 is 20.1 Å². The van der Waals surface area contributed by atoms with Gasteiger partial charge in [0.25, 0.3) is 11.5 Å². The first kappa shape index (κ1) is 23.0. The Morgan fingerprint density at radius 2 is 1.97 bits per heavy atom. The summed E-state index contributed by atoms with van der Waals surface area (Å²) in [7, 11) is 0. The van der Waals surface area contributed by atoms with Gasteiger partial charge in [-0.05, 0) is 31.3 Å². The van der Waals surface area contributed by atoms with Crippen LogP contribution in [0.2, 0.25) is 0 Å². The van der Waals surface area contributed by atoms with Crippen molar-refractivity contribution in [2.45, 2.75) is 52.6 Å². The third-order valence-corrected chi connectivity index (χ3v) is 5.85. The lowest BCUT2D eigenvalue weighted by atomic mass is 10.1. The number of carbonyl (C=O) groups excluding carboxylic acids is 2. The van der Waals surface area contributed by atoms with E-state index >= 15 is 0 Å². The molecule has 0 radical (unpaired) electrons. The maximum absolute atomic E-state index is 13.4. The molecule has 3 heterocycles. The molecule has 1 aliphatic heterocycles. The molecular weight excluding hydrogens is 426 g/mol. The summed E-state index contributed by atoms with van der Waals surface area (Å²) in [6.07, 6.45) is 5.37. The SMILES string of the molecule is CCc1nn2c(O)c(C(=O)NC3CC3)c(=O)n(CC(C)C)c2c1C=CC(=O)N1CCOCC1. The topological polar surface area (TPSA) is 118 Å². The van der Waals surface area contributed by atoms with Crippen molar-refractivity contribution in [3.05, 3.63) is 33.3 Å². The number of aromatic nitrogens is 3. The van der Waals surface area contributed by atoms with Gasteiger partial charge in [-0.25, -0.2) is 0 Å². The van der Waals surface area contributed by atoms with Crippen LogP contribution >= 0.6 is 0 Å². The number of ether oxygens (including phenoxy) is 1. The average Bonchev–Trinajstić information content (AvgIpc) is 3.52. The van der Waals surface area contributed by atoms with E-state index in [1.165, 1.54) is 15.2 Å². The molecule has 10 nitrogen and oxygen atoms in total. The summed E-state index contributed by atoms with van der Waals surface area (Å²) in [5.74, 6) is -1.13. The number of amides is 2. The summed E-state index contributed by atoms with van der Waals surface area (Å²) in [4.78, 5) is 40.5. The first-order valence-corrected chi connectivity index (χ1v) is 11.5. The molecule has 2 aliphatic rings. The van der Waals surface area contributed by atoms with Crippen molar-refractivity contribution in [3.63, 3.8) is 0 Å². The molecule has 2 fully saturated rings. The van der Waals surface area contributed by atoms with E-state index in [1.54, 1.807) is 11.0 Å². The number of hydrogen-bond acceptors (Lipinski definition) is 6. The van der Waals surface area contributed by atoms with Crippen molar-refractivity contribution in [2.24, 2.45) is 5.92 Å². The van der Waals surface area contributed by atoms with Crippen LogP contribution in [0.4, 0.5) is 0 Å². The second-order valence-corrected chi connectivity index (χ2v) is 8.98. The van der Waals surface area contributed by atoms with Gasteiger partial charge in [-0.15, -0.1) is 0 Å². The van der Waals surface area contributed by atoms with Gasteiger partial charge in [0, 0.05) is 37.3 Å². The minimum Gasteiger partial charge on any atom is -0.492 e. The van der Waals surface area contributed by atoms with Crippen LogP contribution in [0.3, 0.4) is 0 Å². The second kappa shape index (κ2) is 9.38. The van der Waals surface area contributed by atoms with Gasteiger partial charge in [-0.3, -0.25) is 19.0 Å². The normalized spacial score (nSPS) is 16.8. The van der Waals surface area contributed by atoms with E-state index in [0.29, 0.717) is 56.2 Å². The second-order valence-electron chi connectivity index (χ2n) is 8.98. The molecule has 0 aromatic carbocycles. The first-order valence-electron chi connectivity index (χ1n) is 11.5. The minimum absolute atomic E-state index is 0.0408. The quantitative estimate of drug-likeness (QED) is 0.603. The molecule has 1 saturated carbocycles. The summed E-state index contributed by atoms with van der Waals surface area (Å²) in [5.41, 5.74) is 0.704. The van der Waals surface area contributed by atoms with E-state index in [1.807, 2.05) is 20.8 Å². The van der Waals surface area contributed by atoms with Crippen LogP contribution in [-0.2, 0) is 22.5 Å². The number of nitrogens with one attached hydrogen (secondary N) is 1. The molecule has 1 saturated heterocycles. The highest BCUT2D eigenvalue weighted by molar-refractivity contribution is 5.97. The lowest BCUT2D eigenvalue weighted by Crippen LogP contribution is -2.39. The lowest BCUT2D eigenvalue weighted by Gasteiger charge is -2.25. The molecular formula is C23H31N5O5. The van der Waals surface area contributed by atoms with E-state index in [0.717, 1.165) is 12.8 Å². The fourth-order valence-electron chi connectivity index (χ4n) is 4.00. The lowest BCUT2D eigenvalue weighted by molar-refractivity contribution is -0.129. The smallest absolute Gasteiger partial charge is 0.270 e. The van der Waals surface area contributed by atoms with Crippen molar-refractivity contribution < 1.29 is 19.4 Å². The summed E-state index contributed by atoms with van der Waals surface area (Å²) in [6.45, 7) is 8.23. The first-order chi connectivity index (χ1) is 15.8. The van der Waals surface area contributed by atoms with Gasteiger partial charge in [-0.1, -0.05) is 20.8 Å². The zero-order valence-corrected chi connectivity index (χ0v) is 19.3. The number of fused-ring (bicyclic) bond motifs is 1. The number of nitrogens with zero attached hydrogens (tertiary/aromatic N) is 4.